The molecule has 0 bridgehead atoms. The number of benzene rings is 1. The minimum Gasteiger partial charge on any atom is -0.477 e. The van der Waals surface area contributed by atoms with E-state index in [1.807, 2.05) is 0 Å². The third-order valence-corrected chi connectivity index (χ3v) is 6.10. The van der Waals surface area contributed by atoms with Crippen LogP contribution in [0.15, 0.2) is 42.6 Å². The summed E-state index contributed by atoms with van der Waals surface area (Å²) in [6.07, 6.45) is 1.81. The summed E-state index contributed by atoms with van der Waals surface area (Å²) in [6.45, 7) is 1.22. The van der Waals surface area contributed by atoms with Crippen molar-refractivity contribution in [3.05, 3.63) is 59.0 Å². The molecule has 1 aromatic heterocycles. The Morgan fingerprint density at radius 3 is 2.88 bits per heavy atom. The van der Waals surface area contributed by atoms with Crippen molar-refractivity contribution in [2.24, 2.45) is 5.92 Å². The van der Waals surface area contributed by atoms with Crippen molar-refractivity contribution in [1.29, 1.82) is 0 Å². The van der Waals surface area contributed by atoms with Gasteiger partial charge in [0.25, 0.3) is 0 Å². The molecule has 1 saturated heterocycles. The molecule has 0 N–H and O–H groups in total. The fraction of sp³-hybridized carbons (Fsp3) is 0.353. The molecule has 0 amide bonds. The Morgan fingerprint density at radius 1 is 1.32 bits per heavy atom. The first-order chi connectivity index (χ1) is 11.9. The van der Waals surface area contributed by atoms with E-state index in [0.717, 1.165) is 12.6 Å². The van der Waals surface area contributed by atoms with Gasteiger partial charge in [-0.3, -0.25) is 0 Å². The van der Waals surface area contributed by atoms with Crippen molar-refractivity contribution in [3.63, 3.8) is 0 Å². The molecule has 5 nitrogen and oxygen atoms in total. The van der Waals surface area contributed by atoms with Crippen LogP contribution >= 0.6 is 11.6 Å². The topological polar surface area (TPSA) is 59.5 Å². The largest absolute Gasteiger partial charge is 0.477 e. The van der Waals surface area contributed by atoms with E-state index in [1.54, 1.807) is 24.3 Å². The first kappa shape index (κ1) is 18.1. The quantitative estimate of drug-likeness (QED) is 0.767. The van der Waals surface area contributed by atoms with Gasteiger partial charge in [-0.15, -0.1) is 0 Å². The van der Waals surface area contributed by atoms with Gasteiger partial charge in [-0.05, 0) is 30.2 Å². The van der Waals surface area contributed by atoms with E-state index in [1.165, 1.54) is 16.4 Å². The van der Waals surface area contributed by atoms with Crippen LogP contribution in [-0.4, -0.2) is 37.4 Å². The smallest absolute Gasteiger partial charge is 0.218 e. The van der Waals surface area contributed by atoms with Crippen LogP contribution < -0.4 is 4.74 Å². The van der Waals surface area contributed by atoms with E-state index in [4.69, 9.17) is 16.3 Å². The lowest BCUT2D eigenvalue weighted by atomic mass is 10.1. The monoisotopic (exact) mass is 384 g/mol. The Hall–Kier alpha value is -1.70. The summed E-state index contributed by atoms with van der Waals surface area (Å²) in [5.74, 6) is -0.0742. The number of ether oxygens (including phenoxy) is 1. The van der Waals surface area contributed by atoms with E-state index < -0.39 is 15.8 Å². The summed E-state index contributed by atoms with van der Waals surface area (Å²) < 4.78 is 44.9. The van der Waals surface area contributed by atoms with Crippen LogP contribution in [-0.2, 0) is 15.8 Å². The minimum atomic E-state index is -3.40. The first-order valence-electron chi connectivity index (χ1n) is 7.89. The zero-order chi connectivity index (χ0) is 17.9. The number of halogens is 2. The van der Waals surface area contributed by atoms with Crippen molar-refractivity contribution in [3.8, 4) is 5.88 Å². The Labute approximate surface area is 151 Å². The maximum atomic E-state index is 12.8. The fourth-order valence-corrected chi connectivity index (χ4v) is 4.58. The van der Waals surface area contributed by atoms with Crippen LogP contribution in [0.2, 0.25) is 5.02 Å². The van der Waals surface area contributed by atoms with Crippen LogP contribution in [0, 0.1) is 11.7 Å². The van der Waals surface area contributed by atoms with Gasteiger partial charge in [-0.1, -0.05) is 23.7 Å². The Balaban J connectivity index is 1.55. The highest BCUT2D eigenvalue weighted by Gasteiger charge is 2.31. The number of sulfonamides is 1. The second-order valence-corrected chi connectivity index (χ2v) is 8.43. The number of nitrogens with zero attached hydrogens (tertiary/aromatic N) is 2. The maximum Gasteiger partial charge on any atom is 0.218 e. The highest BCUT2D eigenvalue weighted by Crippen LogP contribution is 2.23. The molecule has 0 aliphatic carbocycles. The number of rotatable bonds is 6. The second-order valence-electron chi connectivity index (χ2n) is 6.02. The van der Waals surface area contributed by atoms with E-state index >= 15 is 0 Å². The van der Waals surface area contributed by atoms with Gasteiger partial charge in [0.1, 0.15) is 5.82 Å². The lowest BCUT2D eigenvalue weighted by Gasteiger charge is -2.17. The van der Waals surface area contributed by atoms with Gasteiger partial charge in [0, 0.05) is 30.1 Å². The molecule has 25 heavy (non-hydrogen) atoms. The Bertz CT molecular complexity index is 830. The summed E-state index contributed by atoms with van der Waals surface area (Å²) in [6, 6.07) is 9.60. The zero-order valence-electron chi connectivity index (χ0n) is 13.4. The van der Waals surface area contributed by atoms with Crippen molar-refractivity contribution in [2.75, 3.05) is 19.7 Å². The molecule has 2 heterocycles. The van der Waals surface area contributed by atoms with Crippen molar-refractivity contribution >= 4 is 21.6 Å². The van der Waals surface area contributed by atoms with Gasteiger partial charge >= 0.3 is 0 Å². The third kappa shape index (κ3) is 4.90. The molecule has 1 atom stereocenters. The van der Waals surface area contributed by atoms with E-state index in [0.29, 0.717) is 36.2 Å². The predicted molar refractivity (Wildman–Crippen MR) is 93.4 cm³/mol. The standard InChI is InChI=1S/C17H18ClFN2O3S/c18-15-3-1-2-13(8-15)12-25(22,23)21-7-6-14(10-21)11-24-17-5-4-16(19)9-20-17/h1-5,8-9,14H,6-7,10-12H2. The summed E-state index contributed by atoms with van der Waals surface area (Å²) in [5.41, 5.74) is 0.669. The number of aromatic nitrogens is 1. The van der Waals surface area contributed by atoms with Crippen LogP contribution in [0.5, 0.6) is 5.88 Å². The molecule has 8 heteroatoms. The molecule has 1 unspecified atom stereocenters. The molecular formula is C17H18ClFN2O3S. The predicted octanol–water partition coefficient (Wildman–Crippen LogP) is 3.10. The number of hydrogen-bond acceptors (Lipinski definition) is 4. The highest BCUT2D eigenvalue weighted by atomic mass is 35.5. The summed E-state index contributed by atoms with van der Waals surface area (Å²) >= 11 is 5.91. The molecule has 0 spiro atoms. The average molecular weight is 385 g/mol. The van der Waals surface area contributed by atoms with Gasteiger partial charge < -0.3 is 4.74 Å². The lowest BCUT2D eigenvalue weighted by molar-refractivity contribution is 0.246. The molecule has 1 fully saturated rings. The van der Waals surface area contributed by atoms with Gasteiger partial charge in [0.15, 0.2) is 0 Å². The highest BCUT2D eigenvalue weighted by molar-refractivity contribution is 7.88. The molecule has 1 aromatic carbocycles. The third-order valence-electron chi connectivity index (χ3n) is 4.05. The van der Waals surface area contributed by atoms with E-state index in [-0.39, 0.29) is 11.7 Å². The molecule has 134 valence electrons. The van der Waals surface area contributed by atoms with Crippen molar-refractivity contribution < 1.29 is 17.5 Å². The van der Waals surface area contributed by atoms with Crippen LogP contribution in [0.25, 0.3) is 0 Å². The number of hydrogen-bond donors (Lipinski definition) is 0. The first-order valence-corrected chi connectivity index (χ1v) is 9.88. The van der Waals surface area contributed by atoms with Crippen LogP contribution in [0.4, 0.5) is 4.39 Å². The Kier molecular flexibility index (Phi) is 5.56. The normalized spacial score (nSPS) is 18.4. The van der Waals surface area contributed by atoms with Crippen LogP contribution in [0.3, 0.4) is 0 Å². The molecule has 2 aromatic rings. The van der Waals surface area contributed by atoms with Gasteiger partial charge in [-0.2, -0.15) is 0 Å². The van der Waals surface area contributed by atoms with Gasteiger partial charge in [0.2, 0.25) is 15.9 Å². The summed E-state index contributed by atoms with van der Waals surface area (Å²) in [7, 11) is -3.40. The molecule has 0 saturated carbocycles. The molecule has 3 rings (SSSR count). The average Bonchev–Trinajstić information content (AvgIpc) is 3.04. The summed E-state index contributed by atoms with van der Waals surface area (Å²) in [5, 5.41) is 0.521. The summed E-state index contributed by atoms with van der Waals surface area (Å²) in [4.78, 5) is 3.83. The second kappa shape index (κ2) is 7.68. The van der Waals surface area contributed by atoms with Gasteiger partial charge in [-0.25, -0.2) is 22.1 Å². The van der Waals surface area contributed by atoms with E-state index in [9.17, 15) is 12.8 Å². The molecule has 1 aliphatic rings. The van der Waals surface area contributed by atoms with E-state index in [2.05, 4.69) is 4.98 Å². The number of pyridine rings is 1. The molecule has 0 radical (unpaired) electrons. The lowest BCUT2D eigenvalue weighted by Crippen LogP contribution is -2.30. The van der Waals surface area contributed by atoms with Crippen LogP contribution in [0.1, 0.15) is 12.0 Å². The van der Waals surface area contributed by atoms with Crippen molar-refractivity contribution in [1.82, 2.24) is 9.29 Å². The zero-order valence-corrected chi connectivity index (χ0v) is 15.0. The minimum absolute atomic E-state index is 0.0688. The van der Waals surface area contributed by atoms with Gasteiger partial charge in [0.05, 0.1) is 18.6 Å². The molecular weight excluding hydrogens is 367 g/mol. The molecule has 1 aliphatic heterocycles. The fourth-order valence-electron chi connectivity index (χ4n) is 2.77. The Morgan fingerprint density at radius 2 is 2.16 bits per heavy atom. The SMILES string of the molecule is O=S(=O)(Cc1cccc(Cl)c1)N1CCC(COc2ccc(F)cn2)C1. The maximum absolute atomic E-state index is 12.8. The van der Waals surface area contributed by atoms with Crippen molar-refractivity contribution in [2.45, 2.75) is 12.2 Å².